The number of rotatable bonds is 9. The second-order valence-electron chi connectivity index (χ2n) is 10.8. The zero-order valence-corrected chi connectivity index (χ0v) is 24.1. The lowest BCUT2D eigenvalue weighted by molar-refractivity contribution is -0.143. The number of benzene rings is 2. The van der Waals surface area contributed by atoms with Gasteiger partial charge in [-0.1, -0.05) is 24.3 Å². The third-order valence-electron chi connectivity index (χ3n) is 8.09. The molecule has 2 saturated heterocycles. The summed E-state index contributed by atoms with van der Waals surface area (Å²) < 4.78 is 40.4. The van der Waals surface area contributed by atoms with Crippen molar-refractivity contribution < 1.29 is 32.3 Å². The Kier molecular flexibility index (Phi) is 7.73. The van der Waals surface area contributed by atoms with Crippen molar-refractivity contribution in [2.45, 2.75) is 48.8 Å². The van der Waals surface area contributed by atoms with E-state index in [1.54, 1.807) is 17.7 Å². The van der Waals surface area contributed by atoms with Gasteiger partial charge in [-0.15, -0.1) is 0 Å². The summed E-state index contributed by atoms with van der Waals surface area (Å²) in [5, 5.41) is 2.94. The van der Waals surface area contributed by atoms with Gasteiger partial charge in [-0.25, -0.2) is 17.7 Å². The molecular formula is C29H33N5O7S. The molecule has 1 N–H and O–H groups in total. The number of hydrogen-bond donors (Lipinski definition) is 1. The molecule has 3 aliphatic heterocycles. The summed E-state index contributed by atoms with van der Waals surface area (Å²) in [6.07, 6.45) is 2.68. The predicted octanol–water partition coefficient (Wildman–Crippen LogP) is 1.76. The smallest absolute Gasteiger partial charge is 0.269 e. The zero-order chi connectivity index (χ0) is 29.4. The van der Waals surface area contributed by atoms with E-state index in [1.807, 2.05) is 24.3 Å². The molecule has 0 spiro atoms. The van der Waals surface area contributed by atoms with E-state index in [1.165, 1.54) is 23.1 Å². The fourth-order valence-corrected chi connectivity index (χ4v) is 7.40. The molecule has 12 nitrogen and oxygen atoms in total. The summed E-state index contributed by atoms with van der Waals surface area (Å²) in [5.41, 5.74) is 1.42. The fourth-order valence-electron chi connectivity index (χ4n) is 5.88. The highest BCUT2D eigenvalue weighted by molar-refractivity contribution is 7.90. The first-order chi connectivity index (χ1) is 20.3. The second kappa shape index (κ2) is 11.5. The van der Waals surface area contributed by atoms with Crippen LogP contribution in [0.3, 0.4) is 0 Å². The third-order valence-corrected chi connectivity index (χ3v) is 9.88. The average molecular weight is 596 g/mol. The summed E-state index contributed by atoms with van der Waals surface area (Å²) in [4.78, 5) is 47.2. The van der Waals surface area contributed by atoms with Crippen LogP contribution in [0.4, 0.5) is 0 Å². The molecule has 3 aromatic rings. The Labute approximate surface area is 243 Å². The van der Waals surface area contributed by atoms with Gasteiger partial charge in [0.1, 0.15) is 17.3 Å². The molecule has 3 aliphatic rings. The minimum Gasteiger partial charge on any atom is -0.376 e. The minimum absolute atomic E-state index is 0.0113. The van der Waals surface area contributed by atoms with Crippen LogP contribution in [-0.4, -0.2) is 90.0 Å². The normalized spacial score (nSPS) is 21.9. The van der Waals surface area contributed by atoms with E-state index in [0.29, 0.717) is 35.3 Å². The van der Waals surface area contributed by atoms with Crippen molar-refractivity contribution >= 4 is 38.8 Å². The van der Waals surface area contributed by atoms with E-state index in [9.17, 15) is 22.8 Å². The van der Waals surface area contributed by atoms with Gasteiger partial charge in [0.15, 0.2) is 6.04 Å². The van der Waals surface area contributed by atoms with E-state index in [2.05, 4.69) is 5.32 Å². The van der Waals surface area contributed by atoms with Gasteiger partial charge >= 0.3 is 0 Å². The maximum absolute atomic E-state index is 14.1. The van der Waals surface area contributed by atoms with Gasteiger partial charge in [-0.2, -0.15) is 0 Å². The number of sulfonamides is 1. The fraction of sp³-hybridized carbons (Fsp3) is 0.448. The Hall–Kier alpha value is -3.81. The van der Waals surface area contributed by atoms with Crippen molar-refractivity contribution in [1.82, 2.24) is 24.1 Å². The lowest BCUT2D eigenvalue weighted by Crippen LogP contribution is -2.51. The van der Waals surface area contributed by atoms with Crippen molar-refractivity contribution in [3.63, 3.8) is 0 Å². The number of aryl methyl sites for hydroxylation is 1. The summed E-state index contributed by atoms with van der Waals surface area (Å²) in [5.74, 6) is -1.65. The Morgan fingerprint density at radius 2 is 1.74 bits per heavy atom. The van der Waals surface area contributed by atoms with Crippen LogP contribution in [0.2, 0.25) is 0 Å². The van der Waals surface area contributed by atoms with Gasteiger partial charge in [-0.05, 0) is 49.9 Å². The first kappa shape index (κ1) is 28.3. The maximum Gasteiger partial charge on any atom is 0.269 e. The third kappa shape index (κ3) is 5.16. The number of fused-ring (bicyclic) bond motifs is 2. The molecule has 4 heterocycles. The van der Waals surface area contributed by atoms with Crippen LogP contribution in [0.25, 0.3) is 11.0 Å². The highest BCUT2D eigenvalue weighted by atomic mass is 32.2. The van der Waals surface area contributed by atoms with Crippen molar-refractivity contribution in [1.29, 1.82) is 0 Å². The highest BCUT2D eigenvalue weighted by Crippen LogP contribution is 2.32. The summed E-state index contributed by atoms with van der Waals surface area (Å²) in [6.45, 7) is 0.662. The number of ether oxygens (including phenoxy) is 2. The van der Waals surface area contributed by atoms with Crippen molar-refractivity contribution in [2.75, 3.05) is 32.8 Å². The molecule has 0 radical (unpaired) electrons. The molecule has 0 saturated carbocycles. The number of carbonyl (C=O) groups is 3. The molecule has 13 heteroatoms. The standard InChI is InChI=1S/C29H33N5O7S/c1-32-23-12-4-3-11-22(23)31-27(32)26(28(36)30-16-19-8-6-14-40-19)33(17-20-9-7-15-41-20)25(35)18-34-29(37)21-10-2-5-13-24(21)42(34,38)39/h2-5,10-13,19-20,26H,6-9,14-18H2,1H3,(H,30,36)/t19-,20-,26-/m0/s1. The van der Waals surface area contributed by atoms with E-state index >= 15 is 0 Å². The van der Waals surface area contributed by atoms with Crippen LogP contribution in [0.5, 0.6) is 0 Å². The molecule has 0 unspecified atom stereocenters. The zero-order valence-electron chi connectivity index (χ0n) is 23.3. The second-order valence-corrected chi connectivity index (χ2v) is 12.6. The Balaban J connectivity index is 1.37. The molecule has 222 valence electrons. The molecule has 42 heavy (non-hydrogen) atoms. The molecule has 1 aromatic heterocycles. The SMILES string of the molecule is Cn1c([C@@H](C(=O)NC[C@@H]2CCCO2)N(C[C@@H]2CCCO2)C(=O)CN2C(=O)c3ccccc3S2(=O)=O)nc2ccccc21. The van der Waals surface area contributed by atoms with E-state index in [4.69, 9.17) is 14.5 Å². The molecular weight excluding hydrogens is 562 g/mol. The predicted molar refractivity (Wildman–Crippen MR) is 151 cm³/mol. The molecule has 3 atom stereocenters. The summed E-state index contributed by atoms with van der Waals surface area (Å²) in [7, 11) is -2.48. The van der Waals surface area contributed by atoms with Crippen molar-refractivity contribution in [2.24, 2.45) is 7.05 Å². The number of para-hydroxylation sites is 2. The molecule has 2 aromatic carbocycles. The molecule has 2 fully saturated rings. The number of aromatic nitrogens is 2. The van der Waals surface area contributed by atoms with Crippen molar-refractivity contribution in [3.8, 4) is 0 Å². The van der Waals surface area contributed by atoms with Crippen LogP contribution >= 0.6 is 0 Å². The minimum atomic E-state index is -4.24. The van der Waals surface area contributed by atoms with Gasteiger partial charge in [0.2, 0.25) is 5.91 Å². The first-order valence-corrected chi connectivity index (χ1v) is 15.6. The molecule has 0 bridgehead atoms. The summed E-state index contributed by atoms with van der Waals surface area (Å²) >= 11 is 0. The van der Waals surface area contributed by atoms with Gasteiger partial charge < -0.3 is 24.3 Å². The van der Waals surface area contributed by atoms with E-state index in [-0.39, 0.29) is 35.8 Å². The van der Waals surface area contributed by atoms with Crippen LogP contribution < -0.4 is 5.32 Å². The Morgan fingerprint density at radius 3 is 2.43 bits per heavy atom. The van der Waals surface area contributed by atoms with Crippen molar-refractivity contribution in [3.05, 3.63) is 59.9 Å². The molecule has 3 amide bonds. The Bertz CT molecular complexity index is 1630. The van der Waals surface area contributed by atoms with Crippen LogP contribution in [0.15, 0.2) is 53.4 Å². The first-order valence-electron chi connectivity index (χ1n) is 14.1. The number of imidazole rings is 1. The summed E-state index contributed by atoms with van der Waals surface area (Å²) in [6, 6.07) is 12.0. The maximum atomic E-state index is 14.1. The molecule has 0 aliphatic carbocycles. The number of nitrogens with one attached hydrogen (secondary N) is 1. The number of amides is 3. The number of hydrogen-bond acceptors (Lipinski definition) is 8. The topological polar surface area (TPSA) is 140 Å². The number of nitrogens with zero attached hydrogens (tertiary/aromatic N) is 4. The highest BCUT2D eigenvalue weighted by Gasteiger charge is 2.45. The van der Waals surface area contributed by atoms with E-state index in [0.717, 1.165) is 24.8 Å². The largest absolute Gasteiger partial charge is 0.376 e. The van der Waals surface area contributed by atoms with Crippen LogP contribution in [0, 0.1) is 0 Å². The lowest BCUT2D eigenvalue weighted by atomic mass is 10.1. The lowest BCUT2D eigenvalue weighted by Gasteiger charge is -2.33. The van der Waals surface area contributed by atoms with Gasteiger partial charge in [0.05, 0.1) is 28.8 Å². The van der Waals surface area contributed by atoms with E-state index < -0.39 is 40.3 Å². The van der Waals surface area contributed by atoms with Gasteiger partial charge in [0.25, 0.3) is 21.8 Å². The monoisotopic (exact) mass is 595 g/mol. The average Bonchev–Trinajstić information content (AvgIpc) is 3.79. The van der Waals surface area contributed by atoms with Gasteiger partial charge in [-0.3, -0.25) is 14.4 Å². The number of carbonyl (C=O) groups excluding carboxylic acids is 3. The Morgan fingerprint density at radius 1 is 1.05 bits per heavy atom. The van der Waals surface area contributed by atoms with Crippen LogP contribution in [0.1, 0.15) is 47.9 Å². The molecule has 6 rings (SSSR count). The quantitative estimate of drug-likeness (QED) is 0.395. The van der Waals surface area contributed by atoms with Gasteiger partial charge in [0, 0.05) is 33.4 Å². The van der Waals surface area contributed by atoms with Crippen LogP contribution in [-0.2, 0) is 36.1 Å².